The Balaban J connectivity index is 1.66. The molecule has 1 aliphatic heterocycles. The molecule has 1 saturated heterocycles. The van der Waals surface area contributed by atoms with Gasteiger partial charge in [-0.25, -0.2) is 13.2 Å². The van der Waals surface area contributed by atoms with Crippen LogP contribution in [0.3, 0.4) is 0 Å². The van der Waals surface area contributed by atoms with Crippen molar-refractivity contribution in [1.29, 1.82) is 0 Å². The highest BCUT2D eigenvalue weighted by molar-refractivity contribution is 7.89. The number of nitrogens with zero attached hydrogens (tertiary/aromatic N) is 2. The predicted molar refractivity (Wildman–Crippen MR) is 102 cm³/mol. The van der Waals surface area contributed by atoms with Gasteiger partial charge in [-0.3, -0.25) is 0 Å². The van der Waals surface area contributed by atoms with Crippen molar-refractivity contribution in [1.82, 2.24) is 4.31 Å². The average Bonchev–Trinajstić information content (AvgIpc) is 2.73. The van der Waals surface area contributed by atoms with E-state index in [1.54, 1.807) is 43.5 Å². The second kappa shape index (κ2) is 7.98. The molecule has 7 nitrogen and oxygen atoms in total. The number of benzene rings is 2. The second-order valence-electron chi connectivity index (χ2n) is 6.11. The van der Waals surface area contributed by atoms with Crippen molar-refractivity contribution in [2.75, 3.05) is 45.3 Å². The predicted octanol–water partition coefficient (Wildman–Crippen LogP) is 1.99. The Morgan fingerprint density at radius 3 is 2.00 bits per heavy atom. The van der Waals surface area contributed by atoms with Gasteiger partial charge in [0, 0.05) is 31.9 Å². The Kier molecular flexibility index (Phi) is 5.67. The lowest BCUT2D eigenvalue weighted by atomic mass is 10.2. The summed E-state index contributed by atoms with van der Waals surface area (Å²) in [7, 11) is -0.636. The first-order valence-electron chi connectivity index (χ1n) is 8.53. The van der Waals surface area contributed by atoms with Gasteiger partial charge in [0.2, 0.25) is 10.0 Å². The van der Waals surface area contributed by atoms with Crippen molar-refractivity contribution in [2.24, 2.45) is 0 Å². The minimum atomic E-state index is -3.52. The molecular formula is C19H22N2O5S. The van der Waals surface area contributed by atoms with Crippen LogP contribution in [0.25, 0.3) is 0 Å². The van der Waals surface area contributed by atoms with E-state index in [-0.39, 0.29) is 10.9 Å². The van der Waals surface area contributed by atoms with Gasteiger partial charge in [-0.05, 0) is 48.5 Å². The number of hydrogen-bond acceptors (Lipinski definition) is 6. The van der Waals surface area contributed by atoms with Crippen LogP contribution in [-0.2, 0) is 14.8 Å². The third kappa shape index (κ3) is 4.06. The summed E-state index contributed by atoms with van der Waals surface area (Å²) in [5.74, 6) is 0.242. The lowest BCUT2D eigenvalue weighted by Gasteiger charge is -2.35. The van der Waals surface area contributed by atoms with Crippen LogP contribution in [0.15, 0.2) is 53.4 Å². The van der Waals surface area contributed by atoms with Gasteiger partial charge < -0.3 is 14.4 Å². The molecule has 0 atom stereocenters. The molecule has 2 aromatic rings. The van der Waals surface area contributed by atoms with E-state index in [2.05, 4.69) is 4.90 Å². The van der Waals surface area contributed by atoms with E-state index >= 15 is 0 Å². The molecule has 0 amide bonds. The first-order valence-corrected chi connectivity index (χ1v) is 9.97. The number of carbonyl (C=O) groups excluding carboxylic acids is 1. The lowest BCUT2D eigenvalue weighted by molar-refractivity contribution is 0.0600. The van der Waals surface area contributed by atoms with Crippen molar-refractivity contribution in [3.8, 4) is 5.75 Å². The molecule has 27 heavy (non-hydrogen) atoms. The van der Waals surface area contributed by atoms with E-state index in [0.29, 0.717) is 37.5 Å². The summed E-state index contributed by atoms with van der Waals surface area (Å²) in [6, 6.07) is 13.5. The molecule has 144 valence electrons. The van der Waals surface area contributed by atoms with Crippen LogP contribution in [0.4, 0.5) is 5.69 Å². The average molecular weight is 390 g/mol. The maximum atomic E-state index is 12.8. The summed E-state index contributed by atoms with van der Waals surface area (Å²) in [6.45, 7) is 1.94. The molecule has 0 bridgehead atoms. The summed E-state index contributed by atoms with van der Waals surface area (Å²) in [5.41, 5.74) is 1.44. The van der Waals surface area contributed by atoms with Crippen molar-refractivity contribution >= 4 is 21.7 Å². The summed E-state index contributed by atoms with van der Waals surface area (Å²) in [4.78, 5) is 13.9. The van der Waals surface area contributed by atoms with E-state index < -0.39 is 10.0 Å². The molecule has 1 aliphatic rings. The molecule has 0 spiro atoms. The number of ether oxygens (including phenoxy) is 2. The maximum absolute atomic E-state index is 12.8. The van der Waals surface area contributed by atoms with Crippen LogP contribution in [-0.4, -0.2) is 59.1 Å². The Morgan fingerprint density at radius 1 is 0.889 bits per heavy atom. The fraction of sp³-hybridized carbons (Fsp3) is 0.316. The number of esters is 1. The second-order valence-corrected chi connectivity index (χ2v) is 8.04. The van der Waals surface area contributed by atoms with Gasteiger partial charge in [0.15, 0.2) is 0 Å². The molecular weight excluding hydrogens is 368 g/mol. The van der Waals surface area contributed by atoms with Crippen LogP contribution in [0.1, 0.15) is 10.4 Å². The molecule has 0 radical (unpaired) electrons. The fourth-order valence-electron chi connectivity index (χ4n) is 3.01. The molecule has 1 fully saturated rings. The first-order chi connectivity index (χ1) is 13.0. The van der Waals surface area contributed by atoms with Gasteiger partial charge in [0.25, 0.3) is 0 Å². The largest absolute Gasteiger partial charge is 0.497 e. The Hall–Kier alpha value is -2.58. The standard InChI is InChI=1S/C19H22N2O5S/c1-25-17-7-9-18(10-8-17)27(23,24)21-13-11-20(12-14-21)16-5-3-15(4-6-16)19(22)26-2/h3-10H,11-14H2,1-2H3. The molecule has 8 heteroatoms. The molecule has 0 saturated carbocycles. The minimum Gasteiger partial charge on any atom is -0.497 e. The number of methoxy groups -OCH3 is 2. The van der Waals surface area contributed by atoms with Crippen LogP contribution in [0.5, 0.6) is 5.75 Å². The van der Waals surface area contributed by atoms with Gasteiger partial charge in [0.05, 0.1) is 24.7 Å². The molecule has 2 aromatic carbocycles. The van der Waals surface area contributed by atoms with E-state index in [9.17, 15) is 13.2 Å². The van der Waals surface area contributed by atoms with Gasteiger partial charge in [-0.2, -0.15) is 4.31 Å². The molecule has 0 unspecified atom stereocenters. The van der Waals surface area contributed by atoms with Gasteiger partial charge in [-0.1, -0.05) is 0 Å². The molecule has 0 aliphatic carbocycles. The Labute approximate surface area is 159 Å². The molecule has 0 aromatic heterocycles. The van der Waals surface area contributed by atoms with E-state index in [0.717, 1.165) is 5.69 Å². The van der Waals surface area contributed by atoms with Crippen LogP contribution < -0.4 is 9.64 Å². The third-order valence-electron chi connectivity index (χ3n) is 4.59. The lowest BCUT2D eigenvalue weighted by Crippen LogP contribution is -2.48. The zero-order chi connectivity index (χ0) is 19.4. The SMILES string of the molecule is COC(=O)c1ccc(N2CCN(S(=O)(=O)c3ccc(OC)cc3)CC2)cc1. The number of rotatable bonds is 5. The van der Waals surface area contributed by atoms with Crippen molar-refractivity contribution < 1.29 is 22.7 Å². The quantitative estimate of drug-likeness (QED) is 0.727. The number of carbonyl (C=O) groups is 1. The fourth-order valence-corrected chi connectivity index (χ4v) is 4.43. The maximum Gasteiger partial charge on any atom is 0.337 e. The zero-order valence-corrected chi connectivity index (χ0v) is 16.1. The monoisotopic (exact) mass is 390 g/mol. The Bertz CT molecular complexity index is 887. The van der Waals surface area contributed by atoms with Crippen molar-refractivity contribution in [2.45, 2.75) is 4.90 Å². The highest BCUT2D eigenvalue weighted by Gasteiger charge is 2.28. The number of anilines is 1. The molecule has 1 heterocycles. The summed E-state index contributed by atoms with van der Waals surface area (Å²) in [5, 5.41) is 0. The van der Waals surface area contributed by atoms with E-state index in [1.807, 2.05) is 12.1 Å². The molecule has 0 N–H and O–H groups in total. The van der Waals surface area contributed by atoms with Crippen molar-refractivity contribution in [3.63, 3.8) is 0 Å². The first kappa shape index (κ1) is 19.2. The summed E-state index contributed by atoms with van der Waals surface area (Å²) in [6.07, 6.45) is 0. The zero-order valence-electron chi connectivity index (χ0n) is 15.3. The normalized spacial score (nSPS) is 15.4. The van der Waals surface area contributed by atoms with Crippen LogP contribution in [0.2, 0.25) is 0 Å². The number of piperazine rings is 1. The van der Waals surface area contributed by atoms with Crippen LogP contribution >= 0.6 is 0 Å². The number of sulfonamides is 1. The van der Waals surface area contributed by atoms with Gasteiger partial charge >= 0.3 is 5.97 Å². The van der Waals surface area contributed by atoms with Crippen LogP contribution in [0, 0.1) is 0 Å². The van der Waals surface area contributed by atoms with Gasteiger partial charge in [-0.15, -0.1) is 0 Å². The molecule has 3 rings (SSSR count). The highest BCUT2D eigenvalue weighted by Crippen LogP contribution is 2.23. The van der Waals surface area contributed by atoms with E-state index in [4.69, 9.17) is 9.47 Å². The topological polar surface area (TPSA) is 76.2 Å². The Morgan fingerprint density at radius 2 is 1.48 bits per heavy atom. The number of hydrogen-bond donors (Lipinski definition) is 0. The summed E-state index contributed by atoms with van der Waals surface area (Å²) < 4.78 is 36.9. The minimum absolute atomic E-state index is 0.263. The smallest absolute Gasteiger partial charge is 0.337 e. The van der Waals surface area contributed by atoms with Gasteiger partial charge in [0.1, 0.15) is 5.75 Å². The third-order valence-corrected chi connectivity index (χ3v) is 6.50. The van der Waals surface area contributed by atoms with Crippen molar-refractivity contribution in [3.05, 3.63) is 54.1 Å². The summed E-state index contributed by atoms with van der Waals surface area (Å²) >= 11 is 0. The highest BCUT2D eigenvalue weighted by atomic mass is 32.2. The van der Waals surface area contributed by atoms with E-state index in [1.165, 1.54) is 11.4 Å².